The number of benzene rings is 2. The van der Waals surface area contributed by atoms with Gasteiger partial charge in [0.15, 0.2) is 0 Å². The zero-order valence-electron chi connectivity index (χ0n) is 15.3. The fourth-order valence-electron chi connectivity index (χ4n) is 2.61. The normalized spacial score (nSPS) is 17.0. The van der Waals surface area contributed by atoms with Crippen LogP contribution in [0.2, 0.25) is 0 Å². The van der Waals surface area contributed by atoms with E-state index in [1.807, 2.05) is 48.5 Å². The number of aryl methyl sites for hydroxylation is 1. The Bertz CT molecular complexity index is 912. The third kappa shape index (κ3) is 4.49. The van der Waals surface area contributed by atoms with Gasteiger partial charge in [0, 0.05) is 0 Å². The number of hydrogen-bond acceptors (Lipinski definition) is 5. The van der Waals surface area contributed by atoms with Crippen molar-refractivity contribution in [1.29, 1.82) is 0 Å². The molecule has 3 rings (SSSR count). The van der Waals surface area contributed by atoms with Gasteiger partial charge in [-0.1, -0.05) is 61.2 Å². The van der Waals surface area contributed by atoms with E-state index in [4.69, 9.17) is 4.74 Å². The van der Waals surface area contributed by atoms with Gasteiger partial charge in [-0.05, 0) is 42.7 Å². The van der Waals surface area contributed by atoms with Crippen LogP contribution >= 0.6 is 11.8 Å². The second-order valence-electron chi connectivity index (χ2n) is 5.90. The number of nitrogens with zero attached hydrogens (tertiary/aromatic N) is 1. The van der Waals surface area contributed by atoms with Crippen molar-refractivity contribution in [2.75, 3.05) is 6.61 Å². The van der Waals surface area contributed by atoms with E-state index in [1.165, 1.54) is 17.3 Å². The molecule has 138 valence electrons. The molecule has 0 atom stereocenters. The van der Waals surface area contributed by atoms with Crippen LogP contribution in [-0.2, 0) is 16.0 Å². The molecule has 4 nitrogen and oxygen atoms in total. The van der Waals surface area contributed by atoms with Crippen molar-refractivity contribution >= 4 is 34.5 Å². The van der Waals surface area contributed by atoms with Crippen molar-refractivity contribution in [3.63, 3.8) is 0 Å². The predicted octanol–water partition coefficient (Wildman–Crippen LogP) is 5.44. The molecule has 0 aromatic heterocycles. The van der Waals surface area contributed by atoms with Crippen LogP contribution in [0.15, 0.2) is 75.8 Å². The van der Waals surface area contributed by atoms with Crippen LogP contribution in [0, 0.1) is 0 Å². The Morgan fingerprint density at radius 2 is 1.81 bits per heavy atom. The minimum Gasteiger partial charge on any atom is -0.506 e. The van der Waals surface area contributed by atoms with Gasteiger partial charge in [0.25, 0.3) is 0 Å². The Morgan fingerprint density at radius 3 is 2.44 bits per heavy atom. The van der Waals surface area contributed by atoms with Gasteiger partial charge in [-0.3, -0.25) is 0 Å². The Balaban J connectivity index is 2.00. The lowest BCUT2D eigenvalue weighted by atomic mass is 10.1. The molecule has 0 saturated carbocycles. The summed E-state index contributed by atoms with van der Waals surface area (Å²) < 4.78 is 5.11. The SMILES string of the molecule is CCOC(=O)C1=C(O)C(=Cc2ccc(CC)cc2)SC1=Nc1ccccc1. The van der Waals surface area contributed by atoms with E-state index in [0.717, 1.165) is 12.0 Å². The van der Waals surface area contributed by atoms with E-state index in [0.29, 0.717) is 15.6 Å². The van der Waals surface area contributed by atoms with Crippen LogP contribution < -0.4 is 0 Å². The first-order valence-corrected chi connectivity index (χ1v) is 9.67. The summed E-state index contributed by atoms with van der Waals surface area (Å²) >= 11 is 1.27. The summed E-state index contributed by atoms with van der Waals surface area (Å²) in [4.78, 5) is 17.5. The molecule has 0 amide bonds. The number of aliphatic hydroxyl groups excluding tert-OH is 1. The van der Waals surface area contributed by atoms with E-state index in [1.54, 1.807) is 6.92 Å². The Morgan fingerprint density at radius 1 is 1.11 bits per heavy atom. The first-order chi connectivity index (χ1) is 13.1. The van der Waals surface area contributed by atoms with Crippen molar-refractivity contribution in [2.45, 2.75) is 20.3 Å². The number of hydrogen-bond donors (Lipinski definition) is 1. The van der Waals surface area contributed by atoms with Crippen molar-refractivity contribution < 1.29 is 14.6 Å². The third-order valence-electron chi connectivity index (χ3n) is 4.04. The highest BCUT2D eigenvalue weighted by atomic mass is 32.2. The van der Waals surface area contributed by atoms with Crippen molar-refractivity contribution in [1.82, 2.24) is 0 Å². The average molecular weight is 379 g/mol. The molecule has 0 spiro atoms. The van der Waals surface area contributed by atoms with Crippen LogP contribution in [0.3, 0.4) is 0 Å². The molecule has 5 heteroatoms. The number of para-hydroxylation sites is 1. The van der Waals surface area contributed by atoms with Crippen molar-refractivity contribution in [2.24, 2.45) is 4.99 Å². The molecule has 0 fully saturated rings. The second kappa shape index (κ2) is 8.73. The molecule has 1 heterocycles. The monoisotopic (exact) mass is 379 g/mol. The second-order valence-corrected chi connectivity index (χ2v) is 6.93. The van der Waals surface area contributed by atoms with E-state index in [9.17, 15) is 9.90 Å². The number of aliphatic hydroxyl groups is 1. The summed E-state index contributed by atoms with van der Waals surface area (Å²) in [5.74, 6) is -0.658. The summed E-state index contributed by atoms with van der Waals surface area (Å²) in [7, 11) is 0. The van der Waals surface area contributed by atoms with Gasteiger partial charge in [0.2, 0.25) is 0 Å². The summed E-state index contributed by atoms with van der Waals surface area (Å²) in [6.07, 6.45) is 2.82. The van der Waals surface area contributed by atoms with Crippen molar-refractivity contribution in [3.05, 3.63) is 82.0 Å². The van der Waals surface area contributed by atoms with Crippen LogP contribution in [0.1, 0.15) is 25.0 Å². The molecule has 0 bridgehead atoms. The van der Waals surface area contributed by atoms with Gasteiger partial charge in [-0.15, -0.1) is 0 Å². The fourth-order valence-corrected chi connectivity index (χ4v) is 3.65. The highest BCUT2D eigenvalue weighted by molar-refractivity contribution is 8.18. The van der Waals surface area contributed by atoms with Gasteiger partial charge in [-0.25, -0.2) is 9.79 Å². The first-order valence-electron chi connectivity index (χ1n) is 8.85. The maximum Gasteiger partial charge on any atom is 0.344 e. The topological polar surface area (TPSA) is 58.9 Å². The van der Waals surface area contributed by atoms with Crippen molar-refractivity contribution in [3.8, 4) is 0 Å². The van der Waals surface area contributed by atoms with Gasteiger partial charge in [0.1, 0.15) is 16.4 Å². The zero-order valence-corrected chi connectivity index (χ0v) is 16.1. The molecule has 2 aromatic carbocycles. The molecule has 1 aliphatic rings. The number of carbonyl (C=O) groups is 1. The van der Waals surface area contributed by atoms with E-state index in [-0.39, 0.29) is 17.9 Å². The lowest BCUT2D eigenvalue weighted by Crippen LogP contribution is -2.12. The molecule has 2 aromatic rings. The van der Waals surface area contributed by atoms with Crippen LogP contribution in [0.25, 0.3) is 6.08 Å². The third-order valence-corrected chi connectivity index (χ3v) is 5.06. The molecule has 1 aliphatic heterocycles. The lowest BCUT2D eigenvalue weighted by Gasteiger charge is -2.03. The lowest BCUT2D eigenvalue weighted by molar-refractivity contribution is -0.138. The van der Waals surface area contributed by atoms with Gasteiger partial charge >= 0.3 is 5.97 Å². The van der Waals surface area contributed by atoms with Gasteiger partial charge in [0.05, 0.1) is 17.2 Å². The molecule has 0 aliphatic carbocycles. The summed E-state index contributed by atoms with van der Waals surface area (Å²) in [5, 5.41) is 11.1. The van der Waals surface area contributed by atoms with Gasteiger partial charge < -0.3 is 9.84 Å². The number of ether oxygens (including phenoxy) is 1. The van der Waals surface area contributed by atoms with E-state index < -0.39 is 5.97 Å². The van der Waals surface area contributed by atoms with Crippen LogP contribution in [-0.4, -0.2) is 22.7 Å². The highest BCUT2D eigenvalue weighted by Gasteiger charge is 2.33. The molecule has 1 N–H and O–H groups in total. The Kier molecular flexibility index (Phi) is 6.14. The number of carbonyl (C=O) groups excluding carboxylic acids is 1. The molecule has 0 saturated heterocycles. The maximum atomic E-state index is 12.4. The zero-order chi connectivity index (χ0) is 19.2. The Hall–Kier alpha value is -2.79. The Labute approximate surface area is 163 Å². The van der Waals surface area contributed by atoms with Gasteiger partial charge in [-0.2, -0.15) is 0 Å². The number of thioether (sulfide) groups is 1. The predicted molar refractivity (Wildman–Crippen MR) is 111 cm³/mol. The molecule has 0 unspecified atom stereocenters. The van der Waals surface area contributed by atoms with Crippen LogP contribution in [0.4, 0.5) is 5.69 Å². The standard InChI is InChI=1S/C22H21NO3S/c1-3-15-10-12-16(13-11-15)14-18-20(24)19(22(25)26-4-2)21(27-18)23-17-8-6-5-7-9-17/h5-14,24H,3-4H2,1-2H3. The minimum absolute atomic E-state index is 0.0901. The fraction of sp³-hybridized carbons (Fsp3) is 0.182. The first kappa shape index (κ1) is 19.0. The molecular formula is C22H21NO3S. The number of esters is 1. The molecule has 0 radical (unpaired) electrons. The summed E-state index contributed by atoms with van der Waals surface area (Å²) in [6.45, 7) is 4.07. The minimum atomic E-state index is -0.568. The summed E-state index contributed by atoms with van der Waals surface area (Å²) in [6, 6.07) is 17.4. The largest absolute Gasteiger partial charge is 0.506 e. The average Bonchev–Trinajstić information content (AvgIpc) is 2.98. The maximum absolute atomic E-state index is 12.4. The quantitative estimate of drug-likeness (QED) is 0.703. The van der Waals surface area contributed by atoms with E-state index >= 15 is 0 Å². The molecule has 27 heavy (non-hydrogen) atoms. The number of rotatable bonds is 5. The van der Waals surface area contributed by atoms with Crippen LogP contribution in [0.5, 0.6) is 0 Å². The van der Waals surface area contributed by atoms with E-state index in [2.05, 4.69) is 24.0 Å². The highest BCUT2D eigenvalue weighted by Crippen LogP contribution is 2.40. The smallest absolute Gasteiger partial charge is 0.344 e. The molecular weight excluding hydrogens is 358 g/mol. The summed E-state index contributed by atoms with van der Waals surface area (Å²) in [5.41, 5.74) is 3.02. The number of aliphatic imine (C=N–C) groups is 1.